The maximum absolute atomic E-state index is 11.6. The second-order valence-electron chi connectivity index (χ2n) is 4.65. The molecular weight excluding hydrogens is 240 g/mol. The average Bonchev–Trinajstić information content (AvgIpc) is 2.26. The monoisotopic (exact) mass is 258 g/mol. The molecule has 0 unspecified atom stereocenters. The Morgan fingerprint density at radius 1 is 1.35 bits per heavy atom. The number of aliphatic hydroxyl groups is 1. The van der Waals surface area contributed by atoms with Gasteiger partial charge in [-0.05, 0) is 6.07 Å². The van der Waals surface area contributed by atoms with Crippen LogP contribution in [0, 0.1) is 0 Å². The van der Waals surface area contributed by atoms with Crippen molar-refractivity contribution in [1.82, 2.24) is 0 Å². The minimum atomic E-state index is -3.34. The van der Waals surface area contributed by atoms with Crippen LogP contribution in [0.5, 0.6) is 5.75 Å². The lowest BCUT2D eigenvalue weighted by Crippen LogP contribution is -2.23. The number of benzene rings is 1. The molecule has 1 aromatic carbocycles. The van der Waals surface area contributed by atoms with Crippen molar-refractivity contribution in [2.24, 2.45) is 0 Å². The molecule has 5 heteroatoms. The fraction of sp³-hybridized carbons (Fsp3) is 0.500. The Morgan fingerprint density at radius 2 is 1.94 bits per heavy atom. The minimum Gasteiger partial charge on any atom is -0.495 e. The van der Waals surface area contributed by atoms with Crippen LogP contribution in [0.2, 0.25) is 0 Å². The van der Waals surface area contributed by atoms with Gasteiger partial charge in [-0.2, -0.15) is 0 Å². The van der Waals surface area contributed by atoms with E-state index >= 15 is 0 Å². The predicted molar refractivity (Wildman–Crippen MR) is 66.2 cm³/mol. The number of rotatable bonds is 4. The Labute approximate surface area is 102 Å². The third kappa shape index (κ3) is 2.79. The first-order valence-electron chi connectivity index (χ1n) is 5.22. The van der Waals surface area contributed by atoms with Gasteiger partial charge in [-0.25, -0.2) is 8.42 Å². The summed E-state index contributed by atoms with van der Waals surface area (Å²) in [7, 11) is -1.91. The van der Waals surface area contributed by atoms with E-state index < -0.39 is 15.3 Å². The second-order valence-corrected chi connectivity index (χ2v) is 6.64. The van der Waals surface area contributed by atoms with Gasteiger partial charge in [-0.1, -0.05) is 26.0 Å². The maximum atomic E-state index is 11.6. The van der Waals surface area contributed by atoms with Gasteiger partial charge in [0.15, 0.2) is 9.84 Å². The molecule has 0 aromatic heterocycles. The number of ether oxygens (including phenoxy) is 1. The Hall–Kier alpha value is -1.07. The van der Waals surface area contributed by atoms with Gasteiger partial charge in [0, 0.05) is 17.2 Å². The number of methoxy groups -OCH3 is 1. The molecule has 0 aliphatic heterocycles. The van der Waals surface area contributed by atoms with Crippen molar-refractivity contribution in [3.63, 3.8) is 0 Å². The van der Waals surface area contributed by atoms with Gasteiger partial charge >= 0.3 is 0 Å². The summed E-state index contributed by atoms with van der Waals surface area (Å²) in [5.41, 5.74) is 0.136. The first-order valence-corrected chi connectivity index (χ1v) is 7.11. The van der Waals surface area contributed by atoms with Gasteiger partial charge in [-0.3, -0.25) is 0 Å². The van der Waals surface area contributed by atoms with Crippen LogP contribution >= 0.6 is 0 Å². The van der Waals surface area contributed by atoms with Crippen LogP contribution in [-0.2, 0) is 15.3 Å². The molecule has 0 aliphatic carbocycles. The third-order valence-corrected chi connectivity index (χ3v) is 3.83. The standard InChI is InChI=1S/C12H18O4S/c1-12(2,8-13)9-6-5-7-10(11(9)16-3)17(4,14)15/h5-7,13H,8H2,1-4H3. The first kappa shape index (κ1) is 14.0. The van der Waals surface area contributed by atoms with Crippen molar-refractivity contribution in [2.75, 3.05) is 20.0 Å². The van der Waals surface area contributed by atoms with Crippen LogP contribution in [0.3, 0.4) is 0 Å². The lowest BCUT2D eigenvalue weighted by molar-refractivity contribution is 0.214. The Balaban J connectivity index is 3.56. The summed E-state index contributed by atoms with van der Waals surface area (Å²) in [6, 6.07) is 4.93. The van der Waals surface area contributed by atoms with Gasteiger partial charge in [0.2, 0.25) is 0 Å². The van der Waals surface area contributed by atoms with Gasteiger partial charge in [0.05, 0.1) is 13.7 Å². The molecule has 0 atom stereocenters. The van der Waals surface area contributed by atoms with E-state index in [0.29, 0.717) is 11.3 Å². The van der Waals surface area contributed by atoms with Gasteiger partial charge in [0.25, 0.3) is 0 Å². The largest absolute Gasteiger partial charge is 0.495 e. The molecular formula is C12H18O4S. The van der Waals surface area contributed by atoms with Gasteiger partial charge in [0.1, 0.15) is 10.6 Å². The highest BCUT2D eigenvalue weighted by molar-refractivity contribution is 7.90. The lowest BCUT2D eigenvalue weighted by atomic mass is 9.85. The van der Waals surface area contributed by atoms with E-state index in [1.165, 1.54) is 13.2 Å². The Morgan fingerprint density at radius 3 is 2.35 bits per heavy atom. The molecule has 0 fully saturated rings. The summed E-state index contributed by atoms with van der Waals surface area (Å²) < 4.78 is 28.5. The SMILES string of the molecule is COc1c(C(C)(C)CO)cccc1S(C)(=O)=O. The van der Waals surface area contributed by atoms with Crippen molar-refractivity contribution in [1.29, 1.82) is 0 Å². The van der Waals surface area contributed by atoms with Crippen molar-refractivity contribution in [3.8, 4) is 5.75 Å². The summed E-state index contributed by atoms with van der Waals surface area (Å²) >= 11 is 0. The van der Waals surface area contributed by atoms with Gasteiger partial charge < -0.3 is 9.84 Å². The molecule has 0 heterocycles. The predicted octanol–water partition coefficient (Wildman–Crippen LogP) is 1.37. The van der Waals surface area contributed by atoms with Crippen LogP contribution < -0.4 is 4.74 Å². The summed E-state index contributed by atoms with van der Waals surface area (Å²) in [5.74, 6) is 0.314. The molecule has 4 nitrogen and oxygen atoms in total. The smallest absolute Gasteiger partial charge is 0.179 e. The molecule has 1 aromatic rings. The van der Waals surface area contributed by atoms with E-state index in [1.807, 2.05) is 13.8 Å². The topological polar surface area (TPSA) is 63.6 Å². The molecule has 0 saturated carbocycles. The molecule has 0 saturated heterocycles. The zero-order chi connectivity index (χ0) is 13.3. The van der Waals surface area contributed by atoms with E-state index in [1.54, 1.807) is 12.1 Å². The van der Waals surface area contributed by atoms with E-state index in [9.17, 15) is 13.5 Å². The highest BCUT2D eigenvalue weighted by atomic mass is 32.2. The van der Waals surface area contributed by atoms with E-state index in [4.69, 9.17) is 4.74 Å². The molecule has 17 heavy (non-hydrogen) atoms. The number of hydrogen-bond donors (Lipinski definition) is 1. The van der Waals surface area contributed by atoms with Crippen LogP contribution in [0.25, 0.3) is 0 Å². The highest BCUT2D eigenvalue weighted by Gasteiger charge is 2.27. The molecule has 0 aliphatic rings. The van der Waals surface area contributed by atoms with E-state index in [-0.39, 0.29) is 11.5 Å². The zero-order valence-corrected chi connectivity index (χ0v) is 11.3. The fourth-order valence-corrected chi connectivity index (χ4v) is 2.49. The van der Waals surface area contributed by atoms with Crippen molar-refractivity contribution in [2.45, 2.75) is 24.2 Å². The minimum absolute atomic E-state index is 0.0867. The Kier molecular flexibility index (Phi) is 3.84. The fourth-order valence-electron chi connectivity index (χ4n) is 1.64. The van der Waals surface area contributed by atoms with Crippen LogP contribution in [0.4, 0.5) is 0 Å². The summed E-state index contributed by atoms with van der Waals surface area (Å²) in [4.78, 5) is 0.152. The second kappa shape index (κ2) is 4.66. The van der Waals surface area contributed by atoms with Crippen molar-refractivity contribution in [3.05, 3.63) is 23.8 Å². The van der Waals surface area contributed by atoms with E-state index in [0.717, 1.165) is 6.26 Å². The molecule has 1 N–H and O–H groups in total. The molecule has 96 valence electrons. The molecule has 0 radical (unpaired) electrons. The molecule has 0 bridgehead atoms. The summed E-state index contributed by atoms with van der Waals surface area (Å²) in [6.45, 7) is 3.57. The third-order valence-electron chi connectivity index (χ3n) is 2.71. The highest BCUT2D eigenvalue weighted by Crippen LogP contribution is 2.35. The first-order chi connectivity index (χ1) is 7.74. The zero-order valence-electron chi connectivity index (χ0n) is 10.5. The number of hydrogen-bond acceptors (Lipinski definition) is 4. The van der Waals surface area contributed by atoms with Gasteiger partial charge in [-0.15, -0.1) is 0 Å². The normalized spacial score (nSPS) is 12.5. The average molecular weight is 258 g/mol. The summed E-state index contributed by atoms with van der Waals surface area (Å²) in [5, 5.41) is 9.36. The van der Waals surface area contributed by atoms with Crippen molar-refractivity contribution < 1.29 is 18.3 Å². The lowest BCUT2D eigenvalue weighted by Gasteiger charge is -2.25. The maximum Gasteiger partial charge on any atom is 0.179 e. The van der Waals surface area contributed by atoms with Crippen LogP contribution in [-0.4, -0.2) is 33.5 Å². The van der Waals surface area contributed by atoms with Crippen LogP contribution in [0.15, 0.2) is 23.1 Å². The number of para-hydroxylation sites is 1. The van der Waals surface area contributed by atoms with E-state index in [2.05, 4.69) is 0 Å². The van der Waals surface area contributed by atoms with Crippen LogP contribution in [0.1, 0.15) is 19.4 Å². The number of aliphatic hydroxyl groups excluding tert-OH is 1. The Bertz CT molecular complexity index is 503. The molecule has 0 spiro atoms. The van der Waals surface area contributed by atoms with Crippen molar-refractivity contribution >= 4 is 9.84 Å². The summed E-state index contributed by atoms with van der Waals surface area (Å²) in [6.07, 6.45) is 1.14. The quantitative estimate of drug-likeness (QED) is 0.886. The number of sulfone groups is 1. The molecule has 1 rings (SSSR count). The molecule has 0 amide bonds.